The first-order chi connectivity index (χ1) is 16.4. The van der Waals surface area contributed by atoms with Crippen LogP contribution in [0.3, 0.4) is 0 Å². The SMILES string of the molecule is COc1ccc(/C=C2/NC(=S)N(C3CCCCC3)C2=O)cc1COc1ccc([N+](=O)[O-])c(C)c1. The van der Waals surface area contributed by atoms with Crippen molar-refractivity contribution in [2.45, 2.75) is 51.7 Å². The standard InChI is InChI=1S/C25H27N3O5S/c1-16-12-20(9-10-22(16)28(30)31)33-15-18-13-17(8-11-23(18)32-2)14-21-24(29)27(25(34)26-21)19-6-4-3-5-7-19/h8-14,19H,3-7,15H2,1-2H3,(H,26,34)/b21-14+. The van der Waals surface area contributed by atoms with Crippen LogP contribution in [0.5, 0.6) is 11.5 Å². The van der Waals surface area contributed by atoms with Gasteiger partial charge in [-0.1, -0.05) is 25.3 Å². The minimum absolute atomic E-state index is 0.0486. The normalized spacial score (nSPS) is 17.7. The van der Waals surface area contributed by atoms with Gasteiger partial charge in [-0.15, -0.1) is 0 Å². The Bertz CT molecular complexity index is 1160. The van der Waals surface area contributed by atoms with Gasteiger partial charge in [0.15, 0.2) is 5.11 Å². The highest BCUT2D eigenvalue weighted by atomic mass is 32.1. The molecule has 0 spiro atoms. The molecule has 1 saturated carbocycles. The van der Waals surface area contributed by atoms with E-state index < -0.39 is 4.92 Å². The third kappa shape index (κ3) is 5.04. The molecule has 1 saturated heterocycles. The van der Waals surface area contributed by atoms with Crippen LogP contribution < -0.4 is 14.8 Å². The van der Waals surface area contributed by atoms with Crippen LogP contribution in [0.1, 0.15) is 48.8 Å². The van der Waals surface area contributed by atoms with Gasteiger partial charge in [0.05, 0.1) is 12.0 Å². The minimum atomic E-state index is -0.418. The Morgan fingerprint density at radius 1 is 1.21 bits per heavy atom. The van der Waals surface area contributed by atoms with Crippen molar-refractivity contribution < 1.29 is 19.2 Å². The topological polar surface area (TPSA) is 93.9 Å². The molecule has 1 heterocycles. The van der Waals surface area contributed by atoms with E-state index in [0.29, 0.717) is 27.9 Å². The lowest BCUT2D eigenvalue weighted by Gasteiger charge is -2.29. The molecule has 1 N–H and O–H groups in total. The number of ether oxygens (including phenoxy) is 2. The van der Waals surface area contributed by atoms with Crippen molar-refractivity contribution in [3.05, 3.63) is 68.9 Å². The number of carbonyl (C=O) groups is 1. The van der Waals surface area contributed by atoms with Crippen molar-refractivity contribution in [3.8, 4) is 11.5 Å². The molecule has 2 aromatic carbocycles. The van der Waals surface area contributed by atoms with Crippen LogP contribution in [-0.2, 0) is 11.4 Å². The fourth-order valence-corrected chi connectivity index (χ4v) is 4.81. The number of thiocarbonyl (C=S) groups is 1. The molecular formula is C25H27N3O5S. The van der Waals surface area contributed by atoms with Crippen LogP contribution >= 0.6 is 12.2 Å². The van der Waals surface area contributed by atoms with E-state index in [1.807, 2.05) is 18.2 Å². The number of amides is 1. The van der Waals surface area contributed by atoms with Crippen molar-refractivity contribution >= 4 is 35.0 Å². The smallest absolute Gasteiger partial charge is 0.276 e. The monoisotopic (exact) mass is 481 g/mol. The predicted octanol–water partition coefficient (Wildman–Crippen LogP) is 4.88. The number of methoxy groups -OCH3 is 1. The number of benzene rings is 2. The second-order valence-electron chi connectivity index (χ2n) is 8.52. The molecule has 0 radical (unpaired) electrons. The molecule has 2 aromatic rings. The van der Waals surface area contributed by atoms with Crippen molar-refractivity contribution in [3.63, 3.8) is 0 Å². The molecule has 4 rings (SSSR count). The number of nitro benzene ring substituents is 1. The van der Waals surface area contributed by atoms with Gasteiger partial charge >= 0.3 is 0 Å². The first-order valence-electron chi connectivity index (χ1n) is 11.3. The van der Waals surface area contributed by atoms with Gasteiger partial charge in [0.1, 0.15) is 23.8 Å². The third-order valence-corrected chi connectivity index (χ3v) is 6.52. The van der Waals surface area contributed by atoms with Crippen LogP contribution in [0.2, 0.25) is 0 Å². The molecule has 0 unspecified atom stereocenters. The summed E-state index contributed by atoms with van der Waals surface area (Å²) >= 11 is 5.46. The van der Waals surface area contributed by atoms with Gasteiger partial charge < -0.3 is 14.8 Å². The highest BCUT2D eigenvalue weighted by molar-refractivity contribution is 7.80. The maximum absolute atomic E-state index is 13.1. The van der Waals surface area contributed by atoms with Gasteiger partial charge in [-0.2, -0.15) is 0 Å². The largest absolute Gasteiger partial charge is 0.496 e. The molecule has 2 aliphatic rings. The van der Waals surface area contributed by atoms with Gasteiger partial charge in [0.2, 0.25) is 0 Å². The van der Waals surface area contributed by atoms with E-state index in [2.05, 4.69) is 5.32 Å². The van der Waals surface area contributed by atoms with Crippen LogP contribution in [0.4, 0.5) is 5.69 Å². The lowest BCUT2D eigenvalue weighted by molar-refractivity contribution is -0.385. The van der Waals surface area contributed by atoms with Gasteiger partial charge in [-0.3, -0.25) is 19.8 Å². The fraction of sp³-hybridized carbons (Fsp3) is 0.360. The first-order valence-corrected chi connectivity index (χ1v) is 11.7. The Labute approximate surface area is 203 Å². The summed E-state index contributed by atoms with van der Waals surface area (Å²) < 4.78 is 11.3. The number of hydrogen-bond acceptors (Lipinski definition) is 6. The van der Waals surface area contributed by atoms with E-state index >= 15 is 0 Å². The maximum Gasteiger partial charge on any atom is 0.276 e. The first kappa shape index (κ1) is 23.7. The third-order valence-electron chi connectivity index (χ3n) is 6.22. The summed E-state index contributed by atoms with van der Waals surface area (Å²) in [6.07, 6.45) is 7.19. The summed E-state index contributed by atoms with van der Waals surface area (Å²) in [5.74, 6) is 1.08. The Balaban J connectivity index is 1.51. The molecule has 34 heavy (non-hydrogen) atoms. The number of aryl methyl sites for hydroxylation is 1. The summed E-state index contributed by atoms with van der Waals surface area (Å²) in [6.45, 7) is 1.87. The summed E-state index contributed by atoms with van der Waals surface area (Å²) in [5.41, 5.74) is 2.62. The number of nitro groups is 1. The molecule has 1 amide bonds. The summed E-state index contributed by atoms with van der Waals surface area (Å²) in [4.78, 5) is 25.4. The average molecular weight is 482 g/mol. The minimum Gasteiger partial charge on any atom is -0.496 e. The van der Waals surface area contributed by atoms with Crippen molar-refractivity contribution in [1.82, 2.24) is 10.2 Å². The molecule has 1 aliphatic heterocycles. The van der Waals surface area contributed by atoms with E-state index in [4.69, 9.17) is 21.7 Å². The molecule has 2 fully saturated rings. The van der Waals surface area contributed by atoms with Gasteiger partial charge in [-0.25, -0.2) is 0 Å². The molecular weight excluding hydrogens is 454 g/mol. The lowest BCUT2D eigenvalue weighted by Crippen LogP contribution is -2.41. The lowest BCUT2D eigenvalue weighted by atomic mass is 9.94. The number of hydrogen-bond donors (Lipinski definition) is 1. The van der Waals surface area contributed by atoms with Gasteiger partial charge in [0, 0.05) is 23.2 Å². The van der Waals surface area contributed by atoms with Crippen LogP contribution in [0.25, 0.3) is 6.08 Å². The maximum atomic E-state index is 13.1. The summed E-state index contributed by atoms with van der Waals surface area (Å²) in [5, 5.41) is 14.6. The quantitative estimate of drug-likeness (QED) is 0.261. The van der Waals surface area contributed by atoms with E-state index in [0.717, 1.165) is 36.8 Å². The van der Waals surface area contributed by atoms with Crippen molar-refractivity contribution in [1.29, 1.82) is 0 Å². The highest BCUT2D eigenvalue weighted by Gasteiger charge is 2.36. The van der Waals surface area contributed by atoms with Crippen LogP contribution in [0, 0.1) is 17.0 Å². The highest BCUT2D eigenvalue weighted by Crippen LogP contribution is 2.29. The van der Waals surface area contributed by atoms with Crippen LogP contribution in [0.15, 0.2) is 42.1 Å². The van der Waals surface area contributed by atoms with Crippen molar-refractivity contribution in [2.75, 3.05) is 7.11 Å². The zero-order valence-electron chi connectivity index (χ0n) is 19.2. The molecule has 1 aliphatic carbocycles. The molecule has 8 nitrogen and oxygen atoms in total. The zero-order chi connectivity index (χ0) is 24.2. The number of nitrogens with one attached hydrogen (secondary N) is 1. The van der Waals surface area contributed by atoms with Crippen molar-refractivity contribution in [2.24, 2.45) is 0 Å². The second-order valence-corrected chi connectivity index (χ2v) is 8.91. The molecule has 0 bridgehead atoms. The van der Waals surface area contributed by atoms with E-state index in [1.165, 1.54) is 12.5 Å². The van der Waals surface area contributed by atoms with E-state index in [1.54, 1.807) is 37.1 Å². The Morgan fingerprint density at radius 3 is 2.65 bits per heavy atom. The van der Waals surface area contributed by atoms with E-state index in [9.17, 15) is 14.9 Å². The number of carbonyl (C=O) groups excluding carboxylic acids is 1. The Kier molecular flexibility index (Phi) is 7.12. The van der Waals surface area contributed by atoms with Crippen LogP contribution in [-0.4, -0.2) is 34.0 Å². The number of nitrogens with zero attached hydrogens (tertiary/aromatic N) is 2. The molecule has 0 atom stereocenters. The molecule has 178 valence electrons. The van der Waals surface area contributed by atoms with E-state index in [-0.39, 0.29) is 24.2 Å². The summed E-state index contributed by atoms with van der Waals surface area (Å²) in [7, 11) is 1.58. The second kappa shape index (κ2) is 10.2. The Morgan fingerprint density at radius 2 is 1.97 bits per heavy atom. The fourth-order valence-electron chi connectivity index (χ4n) is 4.47. The molecule has 0 aromatic heterocycles. The zero-order valence-corrected chi connectivity index (χ0v) is 20.0. The molecule has 9 heteroatoms. The van der Waals surface area contributed by atoms with Gasteiger partial charge in [-0.05, 0) is 67.9 Å². The predicted molar refractivity (Wildman–Crippen MR) is 133 cm³/mol. The number of rotatable bonds is 7. The average Bonchev–Trinajstić information content (AvgIpc) is 3.10. The summed E-state index contributed by atoms with van der Waals surface area (Å²) in [6, 6.07) is 10.4. The Hall–Kier alpha value is -3.46. The van der Waals surface area contributed by atoms with Gasteiger partial charge in [0.25, 0.3) is 11.6 Å².